The van der Waals surface area contributed by atoms with E-state index in [0.717, 1.165) is 5.75 Å². The van der Waals surface area contributed by atoms with E-state index in [-0.39, 0.29) is 0 Å². The van der Waals surface area contributed by atoms with E-state index in [9.17, 15) is 0 Å². The summed E-state index contributed by atoms with van der Waals surface area (Å²) in [5, 5.41) is 3.48. The van der Waals surface area contributed by atoms with Crippen LogP contribution in [0.4, 0.5) is 5.69 Å². The highest BCUT2D eigenvalue weighted by Gasteiger charge is 2.39. The van der Waals surface area contributed by atoms with Gasteiger partial charge >= 0.3 is 0 Å². The van der Waals surface area contributed by atoms with Crippen LogP contribution in [0.5, 0.6) is 5.75 Å². The second-order valence-electron chi connectivity index (χ2n) is 6.10. The van der Waals surface area contributed by atoms with Crippen LogP contribution in [-0.4, -0.2) is 33.3 Å². The Hall–Kier alpha value is -1.22. The lowest BCUT2D eigenvalue weighted by Crippen LogP contribution is -2.38. The van der Waals surface area contributed by atoms with E-state index in [1.807, 2.05) is 0 Å². The van der Waals surface area contributed by atoms with Gasteiger partial charge in [0, 0.05) is 13.1 Å². The third kappa shape index (κ3) is 2.44. The van der Waals surface area contributed by atoms with Crippen molar-refractivity contribution in [3.05, 3.63) is 23.8 Å². The Labute approximate surface area is 115 Å². The Morgan fingerprint density at radius 1 is 1.21 bits per heavy atom. The fourth-order valence-corrected chi connectivity index (χ4v) is 3.55. The molecule has 2 fully saturated rings. The lowest BCUT2D eigenvalue weighted by Gasteiger charge is -2.34. The lowest BCUT2D eigenvalue weighted by atomic mass is 9.78. The summed E-state index contributed by atoms with van der Waals surface area (Å²) in [5.74, 6) is 1.01. The molecule has 3 rings (SSSR count). The van der Waals surface area contributed by atoms with Crippen LogP contribution in [0.25, 0.3) is 0 Å². The molecule has 0 saturated carbocycles. The number of hydrogen-bond acceptors (Lipinski definition) is 3. The van der Waals surface area contributed by atoms with Crippen molar-refractivity contribution in [1.29, 1.82) is 0 Å². The molecule has 0 amide bonds. The number of benzene rings is 1. The third-order valence-electron chi connectivity index (χ3n) is 4.78. The first-order chi connectivity index (χ1) is 9.22. The van der Waals surface area contributed by atoms with Gasteiger partial charge in [0.25, 0.3) is 0 Å². The van der Waals surface area contributed by atoms with E-state index in [4.69, 9.17) is 4.74 Å². The largest absolute Gasteiger partial charge is 0.495 e. The maximum Gasteiger partial charge on any atom is 0.142 e. The smallest absolute Gasteiger partial charge is 0.142 e. The van der Waals surface area contributed by atoms with Crippen LogP contribution in [0.15, 0.2) is 18.2 Å². The molecule has 0 aromatic heterocycles. The van der Waals surface area contributed by atoms with Crippen LogP contribution < -0.4 is 15.0 Å². The molecule has 0 radical (unpaired) electrons. The minimum absolute atomic E-state index is 0.542. The van der Waals surface area contributed by atoms with Crippen LogP contribution in [0.3, 0.4) is 0 Å². The summed E-state index contributed by atoms with van der Waals surface area (Å²) in [4.78, 5) is 2.52. The van der Waals surface area contributed by atoms with E-state index < -0.39 is 0 Å². The topological polar surface area (TPSA) is 24.5 Å². The molecule has 1 N–H and O–H groups in total. The molecule has 1 aromatic carbocycles. The summed E-state index contributed by atoms with van der Waals surface area (Å²) in [6.07, 6.45) is 3.96. The van der Waals surface area contributed by atoms with E-state index >= 15 is 0 Å². The molecule has 0 bridgehead atoms. The molecule has 0 aliphatic carbocycles. The fraction of sp³-hybridized carbons (Fsp3) is 0.625. The number of rotatable bonds is 2. The van der Waals surface area contributed by atoms with Crippen LogP contribution in [0.1, 0.15) is 24.8 Å². The van der Waals surface area contributed by atoms with E-state index in [1.54, 1.807) is 7.11 Å². The lowest BCUT2D eigenvalue weighted by molar-refractivity contribution is 0.232. The molecule has 1 spiro atoms. The van der Waals surface area contributed by atoms with Gasteiger partial charge < -0.3 is 15.0 Å². The Morgan fingerprint density at radius 2 is 2.00 bits per heavy atom. The van der Waals surface area contributed by atoms with Crippen molar-refractivity contribution in [3.63, 3.8) is 0 Å². The number of ether oxygens (including phenoxy) is 1. The van der Waals surface area contributed by atoms with Gasteiger partial charge in [0.15, 0.2) is 0 Å². The zero-order valence-electron chi connectivity index (χ0n) is 12.0. The molecule has 0 unspecified atom stereocenters. The van der Waals surface area contributed by atoms with Crippen LogP contribution in [-0.2, 0) is 0 Å². The molecular formula is C16H24N2O. The highest BCUT2D eigenvalue weighted by Crippen LogP contribution is 2.42. The van der Waals surface area contributed by atoms with E-state index in [0.29, 0.717) is 5.41 Å². The van der Waals surface area contributed by atoms with Gasteiger partial charge in [-0.25, -0.2) is 0 Å². The Kier molecular flexibility index (Phi) is 3.40. The normalized spacial score (nSPS) is 21.9. The average Bonchev–Trinajstić information content (AvgIpc) is 2.83. The molecule has 3 nitrogen and oxygen atoms in total. The molecule has 2 saturated heterocycles. The number of anilines is 1. The second-order valence-corrected chi connectivity index (χ2v) is 6.10. The third-order valence-corrected chi connectivity index (χ3v) is 4.78. The van der Waals surface area contributed by atoms with Gasteiger partial charge in [-0.2, -0.15) is 0 Å². The molecule has 19 heavy (non-hydrogen) atoms. The van der Waals surface area contributed by atoms with Gasteiger partial charge in [0.1, 0.15) is 5.75 Å². The Morgan fingerprint density at radius 3 is 2.74 bits per heavy atom. The summed E-state index contributed by atoms with van der Waals surface area (Å²) in [5.41, 5.74) is 3.12. The highest BCUT2D eigenvalue weighted by molar-refractivity contribution is 5.60. The predicted octanol–water partition coefficient (Wildman–Crippen LogP) is 2.58. The molecule has 3 heteroatoms. The fourth-order valence-electron chi connectivity index (χ4n) is 3.55. The van der Waals surface area contributed by atoms with Crippen molar-refractivity contribution in [2.75, 3.05) is 38.2 Å². The Bertz CT molecular complexity index is 452. The van der Waals surface area contributed by atoms with Gasteiger partial charge in [-0.05, 0) is 62.4 Å². The van der Waals surface area contributed by atoms with Crippen molar-refractivity contribution in [1.82, 2.24) is 5.32 Å². The number of nitrogens with zero attached hydrogens (tertiary/aromatic N) is 1. The zero-order valence-corrected chi connectivity index (χ0v) is 12.0. The number of hydrogen-bond donors (Lipinski definition) is 1. The number of nitrogens with one attached hydrogen (secondary N) is 1. The van der Waals surface area contributed by atoms with Crippen molar-refractivity contribution < 1.29 is 4.74 Å². The van der Waals surface area contributed by atoms with Crippen LogP contribution in [0.2, 0.25) is 0 Å². The van der Waals surface area contributed by atoms with Crippen molar-refractivity contribution >= 4 is 5.69 Å². The summed E-state index contributed by atoms with van der Waals surface area (Å²) in [6, 6.07) is 6.48. The summed E-state index contributed by atoms with van der Waals surface area (Å²) in [6.45, 7) is 6.87. The summed E-state index contributed by atoms with van der Waals surface area (Å²) < 4.78 is 5.53. The Balaban J connectivity index is 1.82. The SMILES string of the molecule is COc1ccc(C)cc1N1CCC2(CCNCC2)C1. The zero-order chi connectivity index (χ0) is 13.3. The molecule has 0 atom stereocenters. The van der Waals surface area contributed by atoms with Crippen molar-refractivity contribution in [2.45, 2.75) is 26.2 Å². The molecule has 2 aliphatic heterocycles. The predicted molar refractivity (Wildman–Crippen MR) is 79.1 cm³/mol. The first kappa shape index (κ1) is 12.8. The second kappa shape index (κ2) is 5.04. The van der Waals surface area contributed by atoms with E-state index in [2.05, 4.69) is 35.3 Å². The first-order valence-corrected chi connectivity index (χ1v) is 7.33. The van der Waals surface area contributed by atoms with Gasteiger partial charge in [0.05, 0.1) is 12.8 Å². The summed E-state index contributed by atoms with van der Waals surface area (Å²) in [7, 11) is 1.77. The monoisotopic (exact) mass is 260 g/mol. The number of aryl methyl sites for hydroxylation is 1. The van der Waals surface area contributed by atoms with Crippen molar-refractivity contribution in [3.8, 4) is 5.75 Å². The molecule has 1 aromatic rings. The summed E-state index contributed by atoms with van der Waals surface area (Å²) >= 11 is 0. The van der Waals surface area contributed by atoms with Gasteiger partial charge in [0.2, 0.25) is 0 Å². The standard InChI is InChI=1S/C16H24N2O/c1-13-3-4-15(19-2)14(11-13)18-10-7-16(12-18)5-8-17-9-6-16/h3-4,11,17H,5-10,12H2,1-2H3. The van der Waals surface area contributed by atoms with Crippen LogP contribution >= 0.6 is 0 Å². The molecule has 2 heterocycles. The molecule has 104 valence electrons. The van der Waals surface area contributed by atoms with Gasteiger partial charge in [-0.3, -0.25) is 0 Å². The van der Waals surface area contributed by atoms with Crippen molar-refractivity contribution in [2.24, 2.45) is 5.41 Å². The number of piperidine rings is 1. The molecular weight excluding hydrogens is 236 g/mol. The van der Waals surface area contributed by atoms with E-state index in [1.165, 1.54) is 56.7 Å². The quantitative estimate of drug-likeness (QED) is 0.884. The highest BCUT2D eigenvalue weighted by atomic mass is 16.5. The molecule has 2 aliphatic rings. The maximum atomic E-state index is 5.53. The van der Waals surface area contributed by atoms with Gasteiger partial charge in [-0.15, -0.1) is 0 Å². The first-order valence-electron chi connectivity index (χ1n) is 7.33. The average molecular weight is 260 g/mol. The maximum absolute atomic E-state index is 5.53. The minimum Gasteiger partial charge on any atom is -0.495 e. The van der Waals surface area contributed by atoms with Gasteiger partial charge in [-0.1, -0.05) is 6.07 Å². The van der Waals surface area contributed by atoms with Crippen LogP contribution in [0, 0.1) is 12.3 Å². The minimum atomic E-state index is 0.542. The number of methoxy groups -OCH3 is 1.